The number of amides is 1. The first-order valence-electron chi connectivity index (χ1n) is 14.2. The number of nitrogens with zero attached hydrogens (tertiary/aromatic N) is 2. The van der Waals surface area contributed by atoms with Gasteiger partial charge in [0, 0.05) is 47.4 Å². The number of aromatic amines is 1. The largest absolute Gasteiger partial charge is 0.490 e. The maximum absolute atomic E-state index is 11.9. The summed E-state index contributed by atoms with van der Waals surface area (Å²) in [6, 6.07) is 13.0. The number of morpholine rings is 1. The third kappa shape index (κ3) is 4.99. The van der Waals surface area contributed by atoms with E-state index in [0.717, 1.165) is 103 Å². The third-order valence-electron chi connectivity index (χ3n) is 8.61. The van der Waals surface area contributed by atoms with Crippen LogP contribution >= 0.6 is 11.3 Å². The lowest BCUT2D eigenvalue weighted by Gasteiger charge is -2.38. The number of H-pyrrole nitrogens is 1. The Balaban J connectivity index is 1.19. The molecule has 1 amide bonds. The second-order valence-corrected chi connectivity index (χ2v) is 12.2. The molecule has 1 aromatic carbocycles. The van der Waals surface area contributed by atoms with Crippen LogP contribution in [0, 0.1) is 0 Å². The van der Waals surface area contributed by atoms with Crippen LogP contribution in [0.5, 0.6) is 5.75 Å². The molecule has 4 heterocycles. The molecule has 4 N–H and O–H groups in total. The van der Waals surface area contributed by atoms with Gasteiger partial charge in [-0.25, -0.2) is 4.98 Å². The van der Waals surface area contributed by atoms with Crippen molar-refractivity contribution in [3.63, 3.8) is 0 Å². The maximum atomic E-state index is 11.9. The number of para-hydroxylation sites is 1. The number of thiophene rings is 1. The number of nitrogens with two attached hydrogens (primary N) is 1. The fourth-order valence-electron chi connectivity index (χ4n) is 6.73. The Morgan fingerprint density at radius 2 is 1.97 bits per heavy atom. The molecule has 4 aromatic rings. The van der Waals surface area contributed by atoms with Gasteiger partial charge in [0.1, 0.15) is 22.2 Å². The van der Waals surface area contributed by atoms with Crippen molar-refractivity contribution in [3.05, 3.63) is 46.8 Å². The lowest BCUT2D eigenvalue weighted by Crippen LogP contribution is -2.46. The van der Waals surface area contributed by atoms with E-state index in [1.165, 1.54) is 10.4 Å². The molecule has 2 aliphatic carbocycles. The highest BCUT2D eigenvalue weighted by Gasteiger charge is 2.33. The van der Waals surface area contributed by atoms with E-state index in [2.05, 4.69) is 39.5 Å². The number of rotatable bonds is 7. The van der Waals surface area contributed by atoms with Crippen LogP contribution in [0.15, 0.2) is 36.4 Å². The van der Waals surface area contributed by atoms with Gasteiger partial charge in [-0.3, -0.25) is 9.69 Å². The number of aromatic nitrogens is 2. The minimum Gasteiger partial charge on any atom is -0.490 e. The molecule has 0 radical (unpaired) electrons. The molecule has 0 spiro atoms. The van der Waals surface area contributed by atoms with E-state index in [1.54, 1.807) is 11.3 Å². The molecule has 1 aliphatic heterocycles. The second-order valence-electron chi connectivity index (χ2n) is 11.1. The van der Waals surface area contributed by atoms with Gasteiger partial charge in [-0.05, 0) is 62.1 Å². The molecule has 0 bridgehead atoms. The Hall–Kier alpha value is -3.14. The first kappa shape index (κ1) is 24.9. The smallest absolute Gasteiger partial charge is 0.218 e. The van der Waals surface area contributed by atoms with Crippen molar-refractivity contribution < 1.29 is 14.3 Å². The Bertz CT molecular complexity index is 1470. The average molecular weight is 546 g/mol. The summed E-state index contributed by atoms with van der Waals surface area (Å²) >= 11 is 1.73. The van der Waals surface area contributed by atoms with Crippen LogP contribution in [0.25, 0.3) is 21.1 Å². The number of anilines is 2. The summed E-state index contributed by atoms with van der Waals surface area (Å²) < 4.78 is 12.4. The van der Waals surface area contributed by atoms with Crippen molar-refractivity contribution >= 4 is 50.0 Å². The second kappa shape index (κ2) is 10.4. The van der Waals surface area contributed by atoms with E-state index in [4.69, 9.17) is 20.2 Å². The predicted octanol–water partition coefficient (Wildman–Crippen LogP) is 5.45. The average Bonchev–Trinajstić information content (AvgIpc) is 3.63. The van der Waals surface area contributed by atoms with Crippen LogP contribution in [0.1, 0.15) is 54.9 Å². The normalized spacial score (nSPS) is 23.7. The molecule has 39 heavy (non-hydrogen) atoms. The highest BCUT2D eigenvalue weighted by molar-refractivity contribution is 7.19. The fraction of sp³-hybridized carbons (Fsp3) is 0.467. The lowest BCUT2D eigenvalue weighted by atomic mass is 9.91. The minimum atomic E-state index is -0.249. The van der Waals surface area contributed by atoms with Crippen LogP contribution in [0.2, 0.25) is 0 Å². The van der Waals surface area contributed by atoms with Crippen molar-refractivity contribution in [3.8, 4) is 5.75 Å². The molecule has 1 atom stereocenters. The molecule has 3 aromatic heterocycles. The summed E-state index contributed by atoms with van der Waals surface area (Å²) in [7, 11) is 0. The summed E-state index contributed by atoms with van der Waals surface area (Å²) in [6.07, 6.45) is 6.82. The van der Waals surface area contributed by atoms with Crippen molar-refractivity contribution in [1.29, 1.82) is 0 Å². The predicted molar refractivity (Wildman–Crippen MR) is 155 cm³/mol. The van der Waals surface area contributed by atoms with E-state index in [0.29, 0.717) is 12.5 Å². The zero-order chi connectivity index (χ0) is 26.3. The number of pyridine rings is 1. The van der Waals surface area contributed by atoms with Crippen LogP contribution in [0.3, 0.4) is 0 Å². The first-order valence-corrected chi connectivity index (χ1v) is 15.0. The SMILES string of the molecule is NC(=O)C[C@H]1CCc2sc3nc(Nc4cc5ccccc5[nH]4)cc(OC4CCC(N5CCOCC5)CC4)c3c21. The number of ether oxygens (including phenoxy) is 2. The molecule has 1 saturated heterocycles. The summed E-state index contributed by atoms with van der Waals surface area (Å²) in [5.41, 5.74) is 7.95. The molecule has 7 rings (SSSR count). The third-order valence-corrected chi connectivity index (χ3v) is 9.77. The standard InChI is InChI=1S/C30H35N5O3S/c31-25(36)15-19-5-10-24-28(19)29-23(38-21-8-6-20(7-9-21)35-11-13-37-14-12-35)17-27(34-30(29)39-24)33-26-16-18-3-1-2-4-22(18)32-26/h1-4,16-17,19-21,32H,5-15H2,(H2,31,36)(H,33,34)/t19-,20?,21?/m1/s1. The van der Waals surface area contributed by atoms with Gasteiger partial charge in [-0.15, -0.1) is 11.3 Å². The summed E-state index contributed by atoms with van der Waals surface area (Å²) in [6.45, 7) is 3.75. The number of hydrogen-bond donors (Lipinski definition) is 3. The Morgan fingerprint density at radius 1 is 1.15 bits per heavy atom. The molecule has 9 heteroatoms. The van der Waals surface area contributed by atoms with E-state index in [-0.39, 0.29) is 17.9 Å². The molecule has 8 nitrogen and oxygen atoms in total. The van der Waals surface area contributed by atoms with Gasteiger partial charge < -0.3 is 25.5 Å². The fourth-order valence-corrected chi connectivity index (χ4v) is 8.02. The molecule has 204 valence electrons. The molecular weight excluding hydrogens is 510 g/mol. The Kier molecular flexibility index (Phi) is 6.66. The number of fused-ring (bicyclic) bond motifs is 4. The van der Waals surface area contributed by atoms with Gasteiger partial charge in [0.2, 0.25) is 5.91 Å². The van der Waals surface area contributed by atoms with Gasteiger partial charge in [0.25, 0.3) is 0 Å². The number of aryl methyl sites for hydroxylation is 1. The van der Waals surface area contributed by atoms with E-state index in [1.807, 2.05) is 12.1 Å². The summed E-state index contributed by atoms with van der Waals surface area (Å²) in [5, 5.41) is 5.72. The summed E-state index contributed by atoms with van der Waals surface area (Å²) in [4.78, 5) is 25.2. The maximum Gasteiger partial charge on any atom is 0.218 e. The zero-order valence-corrected chi connectivity index (χ0v) is 22.9. The van der Waals surface area contributed by atoms with Crippen molar-refractivity contribution in [2.24, 2.45) is 5.73 Å². The molecule has 2 fully saturated rings. The minimum absolute atomic E-state index is 0.139. The molecule has 3 aliphatic rings. The Labute approximate surface area is 231 Å². The summed E-state index contributed by atoms with van der Waals surface area (Å²) in [5.74, 6) is 2.43. The number of carbonyl (C=O) groups is 1. The highest BCUT2D eigenvalue weighted by Crippen LogP contribution is 2.49. The van der Waals surface area contributed by atoms with Crippen LogP contribution in [-0.4, -0.2) is 59.2 Å². The van der Waals surface area contributed by atoms with Gasteiger partial charge in [0.05, 0.1) is 24.7 Å². The van der Waals surface area contributed by atoms with Gasteiger partial charge >= 0.3 is 0 Å². The van der Waals surface area contributed by atoms with Crippen molar-refractivity contribution in [2.45, 2.75) is 63.0 Å². The number of primary amides is 1. The monoisotopic (exact) mass is 545 g/mol. The number of hydrogen-bond acceptors (Lipinski definition) is 7. The topological polar surface area (TPSA) is 106 Å². The van der Waals surface area contributed by atoms with Crippen molar-refractivity contribution in [2.75, 3.05) is 31.6 Å². The highest BCUT2D eigenvalue weighted by atomic mass is 32.1. The van der Waals surface area contributed by atoms with Crippen LogP contribution < -0.4 is 15.8 Å². The number of nitrogens with one attached hydrogen (secondary N) is 2. The molecular formula is C30H35N5O3S. The molecule has 0 unspecified atom stereocenters. The van der Waals surface area contributed by atoms with Crippen LogP contribution in [-0.2, 0) is 16.0 Å². The lowest BCUT2D eigenvalue weighted by molar-refractivity contribution is -0.118. The van der Waals surface area contributed by atoms with Gasteiger partial charge in [-0.1, -0.05) is 18.2 Å². The first-order chi connectivity index (χ1) is 19.1. The molecule has 1 saturated carbocycles. The van der Waals surface area contributed by atoms with Crippen LogP contribution in [0.4, 0.5) is 11.6 Å². The van der Waals surface area contributed by atoms with Gasteiger partial charge in [0.15, 0.2) is 0 Å². The quantitative estimate of drug-likeness (QED) is 0.285. The zero-order valence-electron chi connectivity index (χ0n) is 22.1. The Morgan fingerprint density at radius 3 is 2.77 bits per heavy atom. The van der Waals surface area contributed by atoms with E-state index in [9.17, 15) is 4.79 Å². The van der Waals surface area contributed by atoms with Gasteiger partial charge in [-0.2, -0.15) is 0 Å². The van der Waals surface area contributed by atoms with E-state index >= 15 is 0 Å². The number of carbonyl (C=O) groups excluding carboxylic acids is 1. The van der Waals surface area contributed by atoms with Crippen molar-refractivity contribution in [1.82, 2.24) is 14.9 Å². The van der Waals surface area contributed by atoms with E-state index < -0.39 is 0 Å². The number of benzene rings is 1.